The molecule has 138 valence electrons. The number of amides is 1. The highest BCUT2D eigenvalue weighted by Gasteiger charge is 2.40. The lowest BCUT2D eigenvalue weighted by Crippen LogP contribution is -2.40. The average Bonchev–Trinajstić information content (AvgIpc) is 2.87. The molecule has 9 heteroatoms. The Kier molecular flexibility index (Phi) is 3.89. The highest BCUT2D eigenvalue weighted by Crippen LogP contribution is 2.44. The number of nitrogens with two attached hydrogens (primary N) is 1. The molecule has 0 aromatic carbocycles. The molecule has 1 atom stereocenters. The maximum atomic E-state index is 13.3. The van der Waals surface area contributed by atoms with Crippen LogP contribution in [0.15, 0.2) is 18.3 Å². The molecule has 1 fully saturated rings. The maximum absolute atomic E-state index is 13.3. The molecule has 0 saturated heterocycles. The van der Waals surface area contributed by atoms with Crippen molar-refractivity contribution < 1.29 is 18.0 Å². The van der Waals surface area contributed by atoms with E-state index in [1.165, 1.54) is 22.9 Å². The summed E-state index contributed by atoms with van der Waals surface area (Å²) in [6.45, 7) is -0.804. The minimum atomic E-state index is -4.42. The summed E-state index contributed by atoms with van der Waals surface area (Å²) in [5, 5.41) is 2.81. The Morgan fingerprint density at radius 2 is 2.12 bits per heavy atom. The van der Waals surface area contributed by atoms with Gasteiger partial charge in [-0.3, -0.25) is 4.79 Å². The fourth-order valence-corrected chi connectivity index (χ4v) is 3.85. The number of nitrogens with zero attached hydrogens (tertiary/aromatic N) is 3. The zero-order valence-corrected chi connectivity index (χ0v) is 13.9. The molecule has 1 unspecified atom stereocenters. The van der Waals surface area contributed by atoms with Gasteiger partial charge in [0.05, 0.1) is 17.0 Å². The topological polar surface area (TPSA) is 85.8 Å². The van der Waals surface area contributed by atoms with Crippen molar-refractivity contribution in [2.24, 2.45) is 5.92 Å². The van der Waals surface area contributed by atoms with Crippen LogP contribution in [0.4, 0.5) is 19.1 Å². The van der Waals surface area contributed by atoms with E-state index in [0.717, 1.165) is 19.3 Å². The Labute approximate surface area is 147 Å². The van der Waals surface area contributed by atoms with Crippen LogP contribution in [0.5, 0.6) is 0 Å². The molecule has 0 spiro atoms. The van der Waals surface area contributed by atoms with Gasteiger partial charge in [-0.2, -0.15) is 13.2 Å². The van der Waals surface area contributed by atoms with E-state index in [2.05, 4.69) is 15.3 Å². The Hall–Kier alpha value is -2.58. The second-order valence-electron chi connectivity index (χ2n) is 6.84. The summed E-state index contributed by atoms with van der Waals surface area (Å²) in [6.07, 6.45) is -0.0249. The smallest absolute Gasteiger partial charge is 0.368 e. The molecule has 3 heterocycles. The Morgan fingerprint density at radius 3 is 2.73 bits per heavy atom. The molecular weight excluding hydrogens is 347 g/mol. The molecule has 1 amide bonds. The third-order valence-corrected chi connectivity index (χ3v) is 5.21. The van der Waals surface area contributed by atoms with Crippen molar-refractivity contribution in [1.82, 2.24) is 19.9 Å². The van der Waals surface area contributed by atoms with E-state index >= 15 is 0 Å². The van der Waals surface area contributed by atoms with E-state index in [0.29, 0.717) is 23.7 Å². The molecule has 3 N–H and O–H groups in total. The fourth-order valence-electron chi connectivity index (χ4n) is 3.85. The van der Waals surface area contributed by atoms with Crippen LogP contribution in [0, 0.1) is 5.92 Å². The van der Waals surface area contributed by atoms with E-state index in [9.17, 15) is 18.0 Å². The predicted molar refractivity (Wildman–Crippen MR) is 88.3 cm³/mol. The van der Waals surface area contributed by atoms with Crippen molar-refractivity contribution in [2.75, 3.05) is 12.3 Å². The molecule has 6 nitrogen and oxygen atoms in total. The Morgan fingerprint density at radius 1 is 1.35 bits per heavy atom. The number of anilines is 1. The van der Waals surface area contributed by atoms with Gasteiger partial charge in [0.25, 0.3) is 5.91 Å². The largest absolute Gasteiger partial charge is 0.406 e. The van der Waals surface area contributed by atoms with Gasteiger partial charge in [-0.15, -0.1) is 0 Å². The van der Waals surface area contributed by atoms with Crippen LogP contribution in [0.1, 0.15) is 41.2 Å². The van der Waals surface area contributed by atoms with Crippen molar-refractivity contribution in [1.29, 1.82) is 0 Å². The summed E-state index contributed by atoms with van der Waals surface area (Å²) < 4.78 is 41.1. The number of carbonyl (C=O) groups is 1. The fraction of sp³-hybridized carbons (Fsp3) is 0.471. The molecular formula is C17H18F3N5O. The minimum absolute atomic E-state index is 0.0276. The number of nitrogen functional groups attached to an aromatic ring is 1. The first-order chi connectivity index (χ1) is 12.3. The van der Waals surface area contributed by atoms with Gasteiger partial charge >= 0.3 is 6.18 Å². The first-order valence-electron chi connectivity index (χ1n) is 8.51. The van der Waals surface area contributed by atoms with Crippen LogP contribution in [-0.2, 0) is 6.54 Å². The van der Waals surface area contributed by atoms with Gasteiger partial charge in [-0.05, 0) is 30.9 Å². The monoisotopic (exact) mass is 365 g/mol. The number of hydrogen-bond acceptors (Lipinski definition) is 4. The molecule has 2 aliphatic rings. The van der Waals surface area contributed by atoms with Gasteiger partial charge in [0.15, 0.2) is 0 Å². The quantitative estimate of drug-likeness (QED) is 0.876. The lowest BCUT2D eigenvalue weighted by atomic mass is 9.73. The highest BCUT2D eigenvalue weighted by molar-refractivity contribution is 5.98. The number of carbonyl (C=O) groups excluding carboxylic acids is 1. The van der Waals surface area contributed by atoms with Crippen molar-refractivity contribution in [3.05, 3.63) is 29.6 Å². The van der Waals surface area contributed by atoms with Crippen molar-refractivity contribution in [3.8, 4) is 11.4 Å². The van der Waals surface area contributed by atoms with Gasteiger partial charge in [0.1, 0.15) is 6.54 Å². The molecule has 0 radical (unpaired) electrons. The van der Waals surface area contributed by atoms with E-state index in [4.69, 9.17) is 5.73 Å². The predicted octanol–water partition coefficient (Wildman–Crippen LogP) is 2.72. The summed E-state index contributed by atoms with van der Waals surface area (Å²) >= 11 is 0. The summed E-state index contributed by atoms with van der Waals surface area (Å²) in [5.41, 5.74) is 6.87. The molecule has 0 bridgehead atoms. The highest BCUT2D eigenvalue weighted by atomic mass is 19.4. The second kappa shape index (κ2) is 6.00. The van der Waals surface area contributed by atoms with Crippen LogP contribution in [0.3, 0.4) is 0 Å². The van der Waals surface area contributed by atoms with Crippen LogP contribution in [0.2, 0.25) is 0 Å². The number of nitrogens with one attached hydrogen (secondary N) is 1. The van der Waals surface area contributed by atoms with Crippen LogP contribution in [-0.4, -0.2) is 33.2 Å². The number of rotatable bonds is 3. The van der Waals surface area contributed by atoms with Crippen molar-refractivity contribution in [3.63, 3.8) is 0 Å². The molecule has 2 aromatic heterocycles. The minimum Gasteiger partial charge on any atom is -0.368 e. The third kappa shape index (κ3) is 2.91. The zero-order valence-electron chi connectivity index (χ0n) is 13.9. The van der Waals surface area contributed by atoms with Gasteiger partial charge < -0.3 is 15.6 Å². The number of fused-ring (bicyclic) bond motifs is 1. The number of alkyl halides is 3. The second-order valence-corrected chi connectivity index (χ2v) is 6.84. The zero-order chi connectivity index (χ0) is 18.5. The first-order valence-corrected chi connectivity index (χ1v) is 8.51. The van der Waals surface area contributed by atoms with E-state index in [-0.39, 0.29) is 29.2 Å². The normalized spacial score (nSPS) is 20.4. The molecule has 2 aromatic rings. The molecule has 1 aliphatic carbocycles. The molecule has 1 aliphatic heterocycles. The summed E-state index contributed by atoms with van der Waals surface area (Å²) in [5.74, 6) is -0.203. The molecule has 26 heavy (non-hydrogen) atoms. The Balaban J connectivity index is 1.90. The lowest BCUT2D eigenvalue weighted by Gasteiger charge is -2.37. The Bertz CT molecular complexity index is 857. The van der Waals surface area contributed by atoms with Gasteiger partial charge in [0, 0.05) is 24.4 Å². The third-order valence-electron chi connectivity index (χ3n) is 5.21. The summed E-state index contributed by atoms with van der Waals surface area (Å²) in [6, 6.07) is 2.99. The lowest BCUT2D eigenvalue weighted by molar-refractivity contribution is -0.140. The number of aromatic nitrogens is 3. The number of hydrogen-bond donors (Lipinski definition) is 2. The summed E-state index contributed by atoms with van der Waals surface area (Å²) in [4.78, 5) is 20.2. The maximum Gasteiger partial charge on any atom is 0.406 e. The van der Waals surface area contributed by atoms with Crippen molar-refractivity contribution in [2.45, 2.75) is 37.9 Å². The molecule has 1 saturated carbocycles. The standard InChI is InChI=1S/C17H18F3N5O/c18-17(19,20)8-25-13(12-4-5-22-16(21)24-12)6-10-14(25)11(7-23-15(10)26)9-2-1-3-9/h4-6,9,11H,1-3,7-8H2,(H,23,26)(H2,21,22,24). The number of halogens is 3. The first kappa shape index (κ1) is 16.9. The van der Waals surface area contributed by atoms with Crippen molar-refractivity contribution >= 4 is 11.9 Å². The van der Waals surface area contributed by atoms with Gasteiger partial charge in [-0.25, -0.2) is 9.97 Å². The SMILES string of the molecule is Nc1nccc(-c2cc3c(n2CC(F)(F)F)C(C2CCC2)CNC3=O)n1. The van der Waals surface area contributed by atoms with E-state index in [1.807, 2.05) is 0 Å². The van der Waals surface area contributed by atoms with E-state index in [1.54, 1.807) is 0 Å². The molecule has 4 rings (SSSR count). The van der Waals surface area contributed by atoms with E-state index < -0.39 is 12.7 Å². The van der Waals surface area contributed by atoms with Gasteiger partial charge in [-0.1, -0.05) is 6.42 Å². The summed E-state index contributed by atoms with van der Waals surface area (Å²) in [7, 11) is 0. The van der Waals surface area contributed by atoms with Crippen LogP contribution in [0.25, 0.3) is 11.4 Å². The van der Waals surface area contributed by atoms with Crippen LogP contribution >= 0.6 is 0 Å². The average molecular weight is 365 g/mol. The van der Waals surface area contributed by atoms with Gasteiger partial charge in [0.2, 0.25) is 5.95 Å². The van der Waals surface area contributed by atoms with Crippen LogP contribution < -0.4 is 11.1 Å².